The lowest BCUT2D eigenvalue weighted by Gasteiger charge is -2.12. The number of hydrogen-bond acceptors (Lipinski definition) is 2. The van der Waals surface area contributed by atoms with Gasteiger partial charge in [0.1, 0.15) is 5.15 Å². The number of carboxylic acids is 1. The molecule has 0 radical (unpaired) electrons. The smallest absolute Gasteiger partial charge is 0.416 e. The number of halogens is 4. The minimum atomic E-state index is -4.43. The SMILES string of the molecule is O=C(O)/C=C/c1cc2cc(Cl)ncc2n1Cc1cccc(C(F)(F)F)c1. The molecule has 0 aliphatic rings. The van der Waals surface area contributed by atoms with E-state index in [4.69, 9.17) is 16.7 Å². The van der Waals surface area contributed by atoms with Crippen LogP contribution in [0.2, 0.25) is 5.15 Å². The van der Waals surface area contributed by atoms with Gasteiger partial charge in [-0.15, -0.1) is 0 Å². The zero-order valence-corrected chi connectivity index (χ0v) is 13.9. The third-order valence-electron chi connectivity index (χ3n) is 3.78. The molecule has 3 aromatic rings. The van der Waals surface area contributed by atoms with Crippen molar-refractivity contribution in [2.75, 3.05) is 0 Å². The van der Waals surface area contributed by atoms with Crippen LogP contribution in [-0.4, -0.2) is 20.6 Å². The summed E-state index contributed by atoms with van der Waals surface area (Å²) >= 11 is 5.88. The molecule has 26 heavy (non-hydrogen) atoms. The van der Waals surface area contributed by atoms with Crippen LogP contribution in [-0.2, 0) is 17.5 Å². The molecule has 0 aliphatic heterocycles. The number of carboxylic acid groups (broad SMARTS) is 1. The minimum Gasteiger partial charge on any atom is -0.478 e. The van der Waals surface area contributed by atoms with E-state index in [9.17, 15) is 18.0 Å². The predicted octanol–water partition coefficient (Wildman–Crippen LogP) is 4.85. The highest BCUT2D eigenvalue weighted by molar-refractivity contribution is 6.30. The minimum absolute atomic E-state index is 0.121. The first-order chi connectivity index (χ1) is 12.2. The number of aromatic nitrogens is 2. The molecule has 0 fully saturated rings. The molecule has 0 saturated heterocycles. The largest absolute Gasteiger partial charge is 0.478 e. The fraction of sp³-hybridized carbons (Fsp3) is 0.111. The van der Waals surface area contributed by atoms with Crippen molar-refractivity contribution in [2.24, 2.45) is 0 Å². The summed E-state index contributed by atoms with van der Waals surface area (Å²) in [5.41, 5.74) is 0.841. The van der Waals surface area contributed by atoms with Crippen LogP contribution in [0, 0.1) is 0 Å². The van der Waals surface area contributed by atoms with Crippen molar-refractivity contribution in [3.8, 4) is 0 Å². The molecular formula is C18H12ClF3N2O2. The van der Waals surface area contributed by atoms with Gasteiger partial charge in [-0.3, -0.25) is 0 Å². The molecule has 3 rings (SSSR count). The monoisotopic (exact) mass is 380 g/mol. The average molecular weight is 381 g/mol. The Bertz CT molecular complexity index is 1010. The molecule has 8 heteroatoms. The highest BCUT2D eigenvalue weighted by Crippen LogP contribution is 2.30. The zero-order valence-electron chi connectivity index (χ0n) is 13.2. The third kappa shape index (κ3) is 3.88. The van der Waals surface area contributed by atoms with Gasteiger partial charge in [0.15, 0.2) is 0 Å². The molecule has 2 heterocycles. The lowest BCUT2D eigenvalue weighted by Crippen LogP contribution is -2.07. The van der Waals surface area contributed by atoms with E-state index in [0.29, 0.717) is 22.2 Å². The van der Waals surface area contributed by atoms with Crippen molar-refractivity contribution < 1.29 is 23.1 Å². The van der Waals surface area contributed by atoms with E-state index in [1.54, 1.807) is 22.8 Å². The first kappa shape index (κ1) is 18.0. The van der Waals surface area contributed by atoms with Gasteiger partial charge >= 0.3 is 12.1 Å². The van der Waals surface area contributed by atoms with Crippen LogP contribution >= 0.6 is 11.6 Å². The zero-order chi connectivity index (χ0) is 18.9. The van der Waals surface area contributed by atoms with Crippen LogP contribution in [0.15, 0.2) is 48.7 Å². The summed E-state index contributed by atoms with van der Waals surface area (Å²) in [6, 6.07) is 8.30. The van der Waals surface area contributed by atoms with Gasteiger partial charge in [-0.2, -0.15) is 13.2 Å². The summed E-state index contributed by atoms with van der Waals surface area (Å²) in [7, 11) is 0. The molecule has 4 nitrogen and oxygen atoms in total. The Kier molecular flexibility index (Phi) is 4.73. The van der Waals surface area contributed by atoms with Crippen LogP contribution in [0.1, 0.15) is 16.8 Å². The lowest BCUT2D eigenvalue weighted by molar-refractivity contribution is -0.137. The molecule has 1 N–H and O–H groups in total. The van der Waals surface area contributed by atoms with Crippen LogP contribution in [0.3, 0.4) is 0 Å². The molecule has 0 bridgehead atoms. The quantitative estimate of drug-likeness (QED) is 0.519. The van der Waals surface area contributed by atoms with Crippen LogP contribution < -0.4 is 0 Å². The molecule has 0 aliphatic carbocycles. The second-order valence-corrected chi connectivity index (χ2v) is 5.98. The van der Waals surface area contributed by atoms with Crippen molar-refractivity contribution >= 4 is 34.5 Å². The molecule has 1 aromatic carbocycles. The molecule has 2 aromatic heterocycles. The Hall–Kier alpha value is -2.80. The predicted molar refractivity (Wildman–Crippen MR) is 92.0 cm³/mol. The van der Waals surface area contributed by atoms with Crippen molar-refractivity contribution in [1.29, 1.82) is 0 Å². The van der Waals surface area contributed by atoms with Crippen LogP contribution in [0.5, 0.6) is 0 Å². The van der Waals surface area contributed by atoms with Gasteiger partial charge in [-0.1, -0.05) is 23.7 Å². The summed E-state index contributed by atoms with van der Waals surface area (Å²) in [5.74, 6) is -1.13. The number of aliphatic carboxylic acids is 1. The second-order valence-electron chi connectivity index (χ2n) is 5.59. The van der Waals surface area contributed by atoms with E-state index < -0.39 is 17.7 Å². The Morgan fingerprint density at radius 1 is 1.27 bits per heavy atom. The van der Waals surface area contributed by atoms with E-state index in [2.05, 4.69) is 4.98 Å². The Balaban J connectivity index is 2.08. The number of fused-ring (bicyclic) bond motifs is 1. The van der Waals surface area contributed by atoms with Gasteiger partial charge in [0, 0.05) is 23.7 Å². The lowest BCUT2D eigenvalue weighted by atomic mass is 10.1. The molecule has 0 amide bonds. The maximum atomic E-state index is 12.9. The van der Waals surface area contributed by atoms with E-state index in [1.807, 2.05) is 0 Å². The van der Waals surface area contributed by atoms with Crippen LogP contribution in [0.25, 0.3) is 17.0 Å². The van der Waals surface area contributed by atoms with Crippen molar-refractivity contribution in [3.05, 3.63) is 70.6 Å². The van der Waals surface area contributed by atoms with Gasteiger partial charge in [0.05, 0.1) is 17.3 Å². The van der Waals surface area contributed by atoms with E-state index in [1.165, 1.54) is 18.3 Å². The molecule has 0 atom stereocenters. The normalized spacial score (nSPS) is 12.2. The van der Waals surface area contributed by atoms with Crippen LogP contribution in [0.4, 0.5) is 13.2 Å². The summed E-state index contributed by atoms with van der Waals surface area (Å²) in [4.78, 5) is 14.8. The van der Waals surface area contributed by atoms with Crippen molar-refractivity contribution in [2.45, 2.75) is 12.7 Å². The number of hydrogen-bond donors (Lipinski definition) is 1. The number of benzene rings is 1. The average Bonchev–Trinajstić information content (AvgIpc) is 2.89. The standard InChI is InChI=1S/C18H12ClF3N2O2/c19-16-8-12-7-14(4-5-17(25)26)24(15(12)9-23-16)10-11-2-1-3-13(6-11)18(20,21)22/h1-9H,10H2,(H,25,26)/b5-4+. The molecule has 0 unspecified atom stereocenters. The fourth-order valence-corrected chi connectivity index (χ4v) is 2.82. The fourth-order valence-electron chi connectivity index (χ4n) is 2.65. The highest BCUT2D eigenvalue weighted by atomic mass is 35.5. The van der Waals surface area contributed by atoms with E-state index in [-0.39, 0.29) is 11.7 Å². The summed E-state index contributed by atoms with van der Waals surface area (Å²) in [6.07, 6.45) is -0.588. The summed E-state index contributed by atoms with van der Waals surface area (Å²) < 4.78 is 40.5. The van der Waals surface area contributed by atoms with E-state index in [0.717, 1.165) is 18.2 Å². The molecule has 134 valence electrons. The Morgan fingerprint density at radius 2 is 2.04 bits per heavy atom. The van der Waals surface area contributed by atoms with Gasteiger partial charge in [-0.25, -0.2) is 9.78 Å². The maximum absolute atomic E-state index is 12.9. The number of alkyl halides is 3. The second kappa shape index (κ2) is 6.84. The third-order valence-corrected chi connectivity index (χ3v) is 3.98. The van der Waals surface area contributed by atoms with Gasteiger partial charge in [0.2, 0.25) is 0 Å². The molecular weight excluding hydrogens is 369 g/mol. The number of nitrogens with zero attached hydrogens (tertiary/aromatic N) is 2. The summed E-state index contributed by atoms with van der Waals surface area (Å²) in [5, 5.41) is 9.82. The molecule has 0 saturated carbocycles. The van der Waals surface area contributed by atoms with Crippen molar-refractivity contribution in [3.63, 3.8) is 0 Å². The highest BCUT2D eigenvalue weighted by Gasteiger charge is 2.30. The summed E-state index contributed by atoms with van der Waals surface area (Å²) in [6.45, 7) is 0.121. The Labute approximate surface area is 151 Å². The van der Waals surface area contributed by atoms with Crippen molar-refractivity contribution in [1.82, 2.24) is 9.55 Å². The molecule has 0 spiro atoms. The van der Waals surface area contributed by atoms with Gasteiger partial charge in [-0.05, 0) is 35.9 Å². The van der Waals surface area contributed by atoms with Gasteiger partial charge in [0.25, 0.3) is 0 Å². The van der Waals surface area contributed by atoms with Gasteiger partial charge < -0.3 is 9.67 Å². The number of carbonyl (C=O) groups is 1. The Morgan fingerprint density at radius 3 is 2.73 bits per heavy atom. The van der Waals surface area contributed by atoms with E-state index >= 15 is 0 Å². The first-order valence-corrected chi connectivity index (χ1v) is 7.84. The number of pyridine rings is 1. The number of rotatable bonds is 4. The topological polar surface area (TPSA) is 55.1 Å². The first-order valence-electron chi connectivity index (χ1n) is 7.46. The maximum Gasteiger partial charge on any atom is 0.416 e.